The van der Waals surface area contributed by atoms with Gasteiger partial charge in [-0.1, -0.05) is 146 Å². The summed E-state index contributed by atoms with van der Waals surface area (Å²) in [5.74, 6) is -0.374. The van der Waals surface area contributed by atoms with Gasteiger partial charge in [0.05, 0.1) is 5.56 Å². The predicted octanol–water partition coefficient (Wildman–Crippen LogP) is 12.0. The summed E-state index contributed by atoms with van der Waals surface area (Å²) < 4.78 is 6.53. The summed E-state index contributed by atoms with van der Waals surface area (Å²) in [7, 11) is 0. The van der Waals surface area contributed by atoms with Gasteiger partial charge >= 0.3 is 0 Å². The van der Waals surface area contributed by atoms with E-state index in [0.29, 0.717) is 16.7 Å². The van der Waals surface area contributed by atoms with E-state index in [0.717, 1.165) is 54.6 Å². The molecule has 9 rings (SSSR count). The molecule has 0 fully saturated rings. The Bertz CT molecular complexity index is 2560. The van der Waals surface area contributed by atoms with Crippen molar-refractivity contribution in [1.29, 1.82) is 0 Å². The molecule has 3 heteroatoms. The molecule has 0 saturated carbocycles. The Morgan fingerprint density at radius 1 is 0.383 bits per heavy atom. The number of hydrogen-bond acceptors (Lipinski definition) is 3. The van der Waals surface area contributed by atoms with E-state index < -0.39 is 0 Å². The maximum Gasteiger partial charge on any atom is 0.169 e. The van der Waals surface area contributed by atoms with Crippen molar-refractivity contribution in [3.8, 4) is 56.0 Å². The Hall–Kier alpha value is -6.32. The first kappa shape index (κ1) is 27.0. The monoisotopic (exact) mass is 604 g/mol. The Morgan fingerprint density at radius 3 is 1.49 bits per heavy atom. The number of fused-ring (bicyclic) bond motifs is 5. The van der Waals surface area contributed by atoms with Crippen LogP contribution in [0.1, 0.15) is 0 Å². The fourth-order valence-corrected chi connectivity index (χ4v) is 7.21. The van der Waals surface area contributed by atoms with E-state index in [4.69, 9.17) is 4.42 Å². The van der Waals surface area contributed by atoms with Crippen LogP contribution in [0.5, 0.6) is 11.5 Å². The van der Waals surface area contributed by atoms with Gasteiger partial charge < -0.3 is 14.6 Å². The Balaban J connectivity index is 1.35. The lowest BCUT2D eigenvalue weighted by Crippen LogP contribution is -1.91. The molecule has 0 aliphatic heterocycles. The number of hydrogen-bond donors (Lipinski definition) is 2. The molecule has 0 aliphatic carbocycles. The highest BCUT2D eigenvalue weighted by Crippen LogP contribution is 2.50. The van der Waals surface area contributed by atoms with Gasteiger partial charge in [0.25, 0.3) is 0 Å². The van der Waals surface area contributed by atoms with Gasteiger partial charge in [-0.2, -0.15) is 0 Å². The molecule has 0 spiro atoms. The number of phenols is 2. The average Bonchev–Trinajstić information content (AvgIpc) is 3.50. The minimum Gasteiger partial charge on any atom is -0.504 e. The van der Waals surface area contributed by atoms with E-state index in [1.807, 2.05) is 48.5 Å². The van der Waals surface area contributed by atoms with Crippen LogP contribution in [-0.4, -0.2) is 10.2 Å². The molecular formula is C44H28O3. The fourth-order valence-electron chi connectivity index (χ4n) is 7.21. The topological polar surface area (TPSA) is 53.6 Å². The molecule has 0 aliphatic rings. The van der Waals surface area contributed by atoms with Gasteiger partial charge in [-0.15, -0.1) is 0 Å². The van der Waals surface area contributed by atoms with Gasteiger partial charge in [-0.05, 0) is 72.6 Å². The van der Waals surface area contributed by atoms with Gasteiger partial charge in [0, 0.05) is 10.8 Å². The SMILES string of the molecule is Oc1cc2c(oc3cccc(-c4c5ccccc5c(-c5ccc(-c6ccccc6)cc5)c5ccccc45)c32)c(-c2ccccc2)c1O. The maximum atomic E-state index is 11.1. The quantitative estimate of drug-likeness (QED) is 0.155. The summed E-state index contributed by atoms with van der Waals surface area (Å²) in [5, 5.41) is 28.3. The first-order chi connectivity index (χ1) is 23.2. The molecule has 0 unspecified atom stereocenters. The zero-order valence-electron chi connectivity index (χ0n) is 25.3. The van der Waals surface area contributed by atoms with E-state index in [1.165, 1.54) is 16.7 Å². The highest BCUT2D eigenvalue weighted by Gasteiger charge is 2.24. The molecule has 0 radical (unpaired) electrons. The van der Waals surface area contributed by atoms with Crippen LogP contribution in [0, 0.1) is 0 Å². The van der Waals surface area contributed by atoms with Crippen LogP contribution in [0.25, 0.3) is 88.0 Å². The summed E-state index contributed by atoms with van der Waals surface area (Å²) in [6.07, 6.45) is 0. The smallest absolute Gasteiger partial charge is 0.169 e. The Labute approximate surface area is 271 Å². The van der Waals surface area contributed by atoms with E-state index >= 15 is 0 Å². The van der Waals surface area contributed by atoms with Crippen LogP contribution in [0.15, 0.2) is 162 Å². The first-order valence-corrected chi connectivity index (χ1v) is 15.7. The van der Waals surface area contributed by atoms with Crippen molar-refractivity contribution in [3.05, 3.63) is 158 Å². The summed E-state index contributed by atoms with van der Waals surface area (Å²) in [5.41, 5.74) is 9.30. The largest absolute Gasteiger partial charge is 0.504 e. The second-order valence-electron chi connectivity index (χ2n) is 11.9. The van der Waals surface area contributed by atoms with Gasteiger partial charge in [0.1, 0.15) is 11.2 Å². The molecule has 9 aromatic rings. The number of furan rings is 1. The molecule has 47 heavy (non-hydrogen) atoms. The maximum absolute atomic E-state index is 11.1. The van der Waals surface area contributed by atoms with Crippen molar-refractivity contribution in [1.82, 2.24) is 0 Å². The summed E-state index contributed by atoms with van der Waals surface area (Å²) in [6.45, 7) is 0. The lowest BCUT2D eigenvalue weighted by Gasteiger charge is -2.18. The third-order valence-corrected chi connectivity index (χ3v) is 9.28. The van der Waals surface area contributed by atoms with Crippen molar-refractivity contribution in [2.24, 2.45) is 0 Å². The lowest BCUT2D eigenvalue weighted by molar-refractivity contribution is 0.405. The van der Waals surface area contributed by atoms with Crippen molar-refractivity contribution in [2.75, 3.05) is 0 Å². The highest BCUT2D eigenvalue weighted by molar-refractivity contribution is 6.26. The van der Waals surface area contributed by atoms with Gasteiger partial charge in [-0.25, -0.2) is 0 Å². The zero-order chi connectivity index (χ0) is 31.5. The summed E-state index contributed by atoms with van der Waals surface area (Å²) >= 11 is 0. The number of rotatable bonds is 4. The number of aromatic hydroxyl groups is 2. The molecule has 222 valence electrons. The normalized spacial score (nSPS) is 11.6. The molecular weight excluding hydrogens is 576 g/mol. The second-order valence-corrected chi connectivity index (χ2v) is 11.9. The van der Waals surface area contributed by atoms with Crippen LogP contribution in [0.2, 0.25) is 0 Å². The second kappa shape index (κ2) is 10.6. The number of benzene rings is 8. The first-order valence-electron chi connectivity index (χ1n) is 15.7. The minimum atomic E-state index is -0.192. The van der Waals surface area contributed by atoms with Crippen LogP contribution >= 0.6 is 0 Å². The third-order valence-electron chi connectivity index (χ3n) is 9.28. The predicted molar refractivity (Wildman–Crippen MR) is 194 cm³/mol. The summed E-state index contributed by atoms with van der Waals surface area (Å²) in [6, 6.07) is 53.8. The molecule has 2 N–H and O–H groups in total. The molecule has 3 nitrogen and oxygen atoms in total. The van der Waals surface area contributed by atoms with Crippen LogP contribution in [0.3, 0.4) is 0 Å². The van der Waals surface area contributed by atoms with E-state index in [-0.39, 0.29) is 11.5 Å². The van der Waals surface area contributed by atoms with Crippen molar-refractivity contribution in [3.63, 3.8) is 0 Å². The van der Waals surface area contributed by atoms with Crippen molar-refractivity contribution < 1.29 is 14.6 Å². The van der Waals surface area contributed by atoms with Gasteiger partial charge in [0.2, 0.25) is 0 Å². The highest BCUT2D eigenvalue weighted by atomic mass is 16.3. The zero-order valence-corrected chi connectivity index (χ0v) is 25.3. The van der Waals surface area contributed by atoms with E-state index in [9.17, 15) is 10.2 Å². The third kappa shape index (κ3) is 4.21. The molecule has 0 saturated heterocycles. The molecule has 0 atom stereocenters. The fraction of sp³-hybridized carbons (Fsp3) is 0. The van der Waals surface area contributed by atoms with Crippen LogP contribution in [-0.2, 0) is 0 Å². The van der Waals surface area contributed by atoms with Gasteiger partial charge in [0.15, 0.2) is 11.5 Å². The standard InChI is InChI=1S/C44H28O3/c45-37-26-36-42-35(20-11-21-38(42)47-44(36)40(43(37)46)29-14-5-2-6-15-29)41-33-18-9-7-16-31(33)39(32-17-8-10-19-34(32)41)30-24-22-28(23-25-30)27-12-3-1-4-13-27/h1-26,45-46H. The van der Waals surface area contributed by atoms with Crippen molar-refractivity contribution >= 4 is 43.5 Å². The summed E-state index contributed by atoms with van der Waals surface area (Å²) in [4.78, 5) is 0. The number of phenolic OH excluding ortho intramolecular Hbond substituents is 2. The molecule has 0 amide bonds. The lowest BCUT2D eigenvalue weighted by atomic mass is 9.84. The van der Waals surface area contributed by atoms with E-state index in [1.54, 1.807) is 6.07 Å². The van der Waals surface area contributed by atoms with Gasteiger partial charge in [-0.3, -0.25) is 0 Å². The Kier molecular flexibility index (Phi) is 6.12. The molecule has 0 bridgehead atoms. The molecule has 1 heterocycles. The van der Waals surface area contributed by atoms with E-state index in [2.05, 4.69) is 103 Å². The van der Waals surface area contributed by atoms with Crippen LogP contribution in [0.4, 0.5) is 0 Å². The molecule has 1 aromatic heterocycles. The molecule has 8 aromatic carbocycles. The Morgan fingerprint density at radius 2 is 0.872 bits per heavy atom. The average molecular weight is 605 g/mol. The van der Waals surface area contributed by atoms with Crippen molar-refractivity contribution in [2.45, 2.75) is 0 Å². The van der Waals surface area contributed by atoms with Crippen LogP contribution < -0.4 is 0 Å². The minimum absolute atomic E-state index is 0.183.